The zero-order valence-electron chi connectivity index (χ0n) is 13.2. The van der Waals surface area contributed by atoms with E-state index < -0.39 is 0 Å². The molecule has 1 aliphatic rings. The summed E-state index contributed by atoms with van der Waals surface area (Å²) >= 11 is 6.02. The second-order valence-electron chi connectivity index (χ2n) is 6.13. The van der Waals surface area contributed by atoms with Crippen molar-refractivity contribution in [2.45, 2.75) is 44.7 Å². The van der Waals surface area contributed by atoms with Crippen molar-refractivity contribution in [3.63, 3.8) is 0 Å². The predicted molar refractivity (Wildman–Crippen MR) is 91.4 cm³/mol. The van der Waals surface area contributed by atoms with Crippen molar-refractivity contribution in [1.82, 2.24) is 14.5 Å². The zero-order valence-corrected chi connectivity index (χ0v) is 14.0. The molecule has 0 N–H and O–H groups in total. The van der Waals surface area contributed by atoms with Crippen LogP contribution < -0.4 is 0 Å². The van der Waals surface area contributed by atoms with Crippen molar-refractivity contribution in [2.75, 3.05) is 6.54 Å². The fourth-order valence-corrected chi connectivity index (χ4v) is 3.48. The first-order valence-electron chi connectivity index (χ1n) is 8.22. The van der Waals surface area contributed by atoms with Crippen LogP contribution in [0.3, 0.4) is 0 Å². The number of piperidine rings is 1. The molecule has 4 nitrogen and oxygen atoms in total. The van der Waals surface area contributed by atoms with E-state index in [1.54, 1.807) is 6.20 Å². The zero-order chi connectivity index (χ0) is 16.1. The number of hydrogen-bond donors (Lipinski definition) is 0. The fourth-order valence-electron chi connectivity index (χ4n) is 3.27. The number of imidazole rings is 1. The minimum Gasteiger partial charge on any atom is -0.339 e. The second kappa shape index (κ2) is 7.64. The molecule has 1 fully saturated rings. The molecule has 5 heteroatoms. The third-order valence-electron chi connectivity index (χ3n) is 4.47. The normalized spacial score (nSPS) is 18.1. The molecule has 1 atom stereocenters. The van der Waals surface area contributed by atoms with Crippen LogP contribution in [0.25, 0.3) is 0 Å². The van der Waals surface area contributed by atoms with Gasteiger partial charge in [-0.1, -0.05) is 23.7 Å². The highest BCUT2D eigenvalue weighted by atomic mass is 35.5. The molecule has 0 unspecified atom stereocenters. The highest BCUT2D eigenvalue weighted by Crippen LogP contribution is 2.22. The molecule has 1 aromatic carbocycles. The number of likely N-dealkylation sites (tertiary alicyclic amines) is 1. The molecule has 0 aliphatic carbocycles. The number of halogens is 1. The Balaban J connectivity index is 1.61. The van der Waals surface area contributed by atoms with Crippen LogP contribution in [0.2, 0.25) is 5.02 Å². The fraction of sp³-hybridized carbons (Fsp3) is 0.444. The number of nitrogens with zero attached hydrogens (tertiary/aromatic N) is 3. The summed E-state index contributed by atoms with van der Waals surface area (Å²) < 4.78 is 2.08. The minimum atomic E-state index is 0.211. The van der Waals surface area contributed by atoms with Gasteiger partial charge < -0.3 is 9.47 Å². The van der Waals surface area contributed by atoms with Crippen molar-refractivity contribution in [3.8, 4) is 0 Å². The van der Waals surface area contributed by atoms with Gasteiger partial charge in [0.1, 0.15) is 0 Å². The van der Waals surface area contributed by atoms with Crippen LogP contribution in [0.4, 0.5) is 0 Å². The molecule has 23 heavy (non-hydrogen) atoms. The molecule has 0 radical (unpaired) electrons. The first kappa shape index (κ1) is 16.1. The van der Waals surface area contributed by atoms with Crippen LogP contribution in [0.5, 0.6) is 0 Å². The molecule has 0 bridgehead atoms. The molecule has 1 amide bonds. The van der Waals surface area contributed by atoms with E-state index in [-0.39, 0.29) is 5.91 Å². The molecule has 0 spiro atoms. The van der Waals surface area contributed by atoms with Gasteiger partial charge in [-0.05, 0) is 43.4 Å². The van der Waals surface area contributed by atoms with Gasteiger partial charge in [-0.2, -0.15) is 0 Å². The van der Waals surface area contributed by atoms with Gasteiger partial charge in [-0.3, -0.25) is 4.79 Å². The number of rotatable bonds is 5. The van der Waals surface area contributed by atoms with E-state index in [9.17, 15) is 4.79 Å². The van der Waals surface area contributed by atoms with E-state index in [0.717, 1.165) is 37.9 Å². The van der Waals surface area contributed by atoms with Crippen molar-refractivity contribution >= 4 is 17.5 Å². The van der Waals surface area contributed by atoms with Gasteiger partial charge in [-0.15, -0.1) is 0 Å². The van der Waals surface area contributed by atoms with Crippen molar-refractivity contribution in [2.24, 2.45) is 0 Å². The molecule has 3 rings (SSSR count). The number of aryl methyl sites for hydroxylation is 1. The highest BCUT2D eigenvalue weighted by molar-refractivity contribution is 6.30. The molecule has 1 saturated heterocycles. The van der Waals surface area contributed by atoms with Crippen LogP contribution in [0, 0.1) is 0 Å². The Hall–Kier alpha value is -1.81. The summed E-state index contributed by atoms with van der Waals surface area (Å²) in [4.78, 5) is 18.9. The van der Waals surface area contributed by atoms with Crippen LogP contribution in [0.1, 0.15) is 31.2 Å². The van der Waals surface area contributed by atoms with Crippen molar-refractivity contribution in [1.29, 1.82) is 0 Å². The minimum absolute atomic E-state index is 0.211. The lowest BCUT2D eigenvalue weighted by molar-refractivity contribution is -0.134. The molecule has 0 saturated carbocycles. The van der Waals surface area contributed by atoms with E-state index in [2.05, 4.69) is 14.5 Å². The smallest absolute Gasteiger partial charge is 0.227 e. The molecular formula is C18H22ClN3O. The Morgan fingerprint density at radius 3 is 3.04 bits per heavy atom. The van der Waals surface area contributed by atoms with Crippen LogP contribution in [-0.2, 0) is 17.8 Å². The molecular weight excluding hydrogens is 310 g/mol. The summed E-state index contributed by atoms with van der Waals surface area (Å²) in [6.45, 7) is 1.78. The second-order valence-corrected chi connectivity index (χ2v) is 6.57. The summed E-state index contributed by atoms with van der Waals surface area (Å²) in [6, 6.07) is 7.91. The summed E-state index contributed by atoms with van der Waals surface area (Å²) in [5.41, 5.74) is 0.987. The predicted octanol–water partition coefficient (Wildman–Crippen LogP) is 3.55. The number of benzene rings is 1. The largest absolute Gasteiger partial charge is 0.339 e. The topological polar surface area (TPSA) is 38.1 Å². The first-order chi connectivity index (χ1) is 11.2. The lowest BCUT2D eigenvalue weighted by atomic mass is 9.98. The summed E-state index contributed by atoms with van der Waals surface area (Å²) in [5.74, 6) is 0.211. The number of amides is 1. The third kappa shape index (κ3) is 4.35. The van der Waals surface area contributed by atoms with Gasteiger partial charge in [0.05, 0.1) is 12.7 Å². The first-order valence-corrected chi connectivity index (χ1v) is 8.60. The number of hydrogen-bond acceptors (Lipinski definition) is 2. The maximum absolute atomic E-state index is 12.7. The standard InChI is InChI=1S/C18H22ClN3O/c19-16-5-3-4-15(12-16)13-18(23)22-9-2-1-6-17(22)7-10-21-11-8-20-14-21/h3-5,8,11-12,14,17H,1-2,6-7,9-10,13H2/t17-/m1/s1. The quantitative estimate of drug-likeness (QED) is 0.840. The lowest BCUT2D eigenvalue weighted by Gasteiger charge is -2.36. The number of aromatic nitrogens is 2. The average Bonchev–Trinajstić information content (AvgIpc) is 3.06. The van der Waals surface area contributed by atoms with Gasteiger partial charge in [0.2, 0.25) is 5.91 Å². The average molecular weight is 332 g/mol. The van der Waals surface area contributed by atoms with E-state index in [1.165, 1.54) is 6.42 Å². The van der Waals surface area contributed by atoms with E-state index in [4.69, 9.17) is 11.6 Å². The van der Waals surface area contributed by atoms with E-state index in [1.807, 2.05) is 36.8 Å². The van der Waals surface area contributed by atoms with E-state index >= 15 is 0 Å². The monoisotopic (exact) mass is 331 g/mol. The van der Waals surface area contributed by atoms with Gasteiger partial charge in [0.25, 0.3) is 0 Å². The SMILES string of the molecule is O=C(Cc1cccc(Cl)c1)N1CCCC[C@@H]1CCn1ccnc1. The van der Waals surface area contributed by atoms with Crippen molar-refractivity contribution in [3.05, 3.63) is 53.6 Å². The number of carbonyl (C=O) groups is 1. The highest BCUT2D eigenvalue weighted by Gasteiger charge is 2.26. The maximum Gasteiger partial charge on any atom is 0.227 e. The Labute approximate surface area is 142 Å². The molecule has 1 aromatic heterocycles. The Morgan fingerprint density at radius 2 is 2.26 bits per heavy atom. The number of carbonyl (C=O) groups excluding carboxylic acids is 1. The summed E-state index contributed by atoms with van der Waals surface area (Å²) in [6.07, 6.45) is 10.4. The molecule has 122 valence electrons. The van der Waals surface area contributed by atoms with Crippen LogP contribution in [-0.4, -0.2) is 32.9 Å². The summed E-state index contributed by atoms with van der Waals surface area (Å²) in [7, 11) is 0. The maximum atomic E-state index is 12.7. The van der Waals surface area contributed by atoms with Gasteiger partial charge >= 0.3 is 0 Å². The van der Waals surface area contributed by atoms with Gasteiger partial charge in [-0.25, -0.2) is 4.98 Å². The Morgan fingerprint density at radius 1 is 1.35 bits per heavy atom. The molecule has 2 heterocycles. The van der Waals surface area contributed by atoms with Crippen LogP contribution >= 0.6 is 11.6 Å². The van der Waals surface area contributed by atoms with Gasteiger partial charge in [0.15, 0.2) is 0 Å². The van der Waals surface area contributed by atoms with E-state index in [0.29, 0.717) is 17.5 Å². The third-order valence-corrected chi connectivity index (χ3v) is 4.71. The lowest BCUT2D eigenvalue weighted by Crippen LogP contribution is -2.44. The summed E-state index contributed by atoms with van der Waals surface area (Å²) in [5, 5.41) is 0.686. The van der Waals surface area contributed by atoms with Crippen molar-refractivity contribution < 1.29 is 4.79 Å². The molecule has 2 aromatic rings. The Bertz CT molecular complexity index is 641. The van der Waals surface area contributed by atoms with Crippen LogP contribution in [0.15, 0.2) is 43.0 Å². The molecule has 1 aliphatic heterocycles. The Kier molecular flexibility index (Phi) is 5.34. The van der Waals surface area contributed by atoms with Gasteiger partial charge in [0, 0.05) is 36.5 Å².